The lowest BCUT2D eigenvalue weighted by Crippen LogP contribution is -2.45. The number of aliphatic hydroxyl groups is 3. The lowest BCUT2D eigenvalue weighted by Gasteiger charge is -2.28. The first kappa shape index (κ1) is 46.0. The summed E-state index contributed by atoms with van der Waals surface area (Å²) in [5, 5.41) is 37.6. The molecule has 0 aromatic rings. The number of rotatable bonds is 31. The molecule has 0 aliphatic rings. The van der Waals surface area contributed by atoms with Crippen LogP contribution in [0, 0.1) is 0 Å². The van der Waals surface area contributed by atoms with E-state index in [0.29, 0.717) is 65.4 Å². The highest BCUT2D eigenvalue weighted by Gasteiger charge is 2.17. The maximum Gasteiger partial charge on any atom is 0.0900 e. The van der Waals surface area contributed by atoms with Crippen molar-refractivity contribution < 1.29 is 56.8 Å². The number of aliphatic hydroxyl groups excluding tert-OH is 3. The summed E-state index contributed by atoms with van der Waals surface area (Å²) < 4.78 is 70.4. The first-order valence-corrected chi connectivity index (χ1v) is 19.1. The van der Waals surface area contributed by atoms with E-state index < -0.39 is 40.1 Å². The smallest absolute Gasteiger partial charge is 0.0900 e. The van der Waals surface area contributed by atoms with Crippen LogP contribution in [-0.4, -0.2) is 193 Å². The predicted octanol–water partition coefficient (Wildman–Crippen LogP) is -0.113. The van der Waals surface area contributed by atoms with Gasteiger partial charge in [-0.2, -0.15) is 0 Å². The SMILES string of the molecule is CC(C)(C)OCC(O)CN(CCN)CCNCCN(CCNCC(O)COCCCS(O)(O)O)CC(O)COCCCS(O)(O)O. The number of nitrogens with two attached hydrogens (primary N) is 1. The largest absolute Gasteiger partial charge is 0.389 e. The number of nitrogens with one attached hydrogen (secondary N) is 2. The first-order valence-electron chi connectivity index (χ1n) is 15.8. The first-order chi connectivity index (χ1) is 21.4. The third-order valence-corrected chi connectivity index (χ3v) is 7.99. The van der Waals surface area contributed by atoms with Crippen LogP contribution >= 0.6 is 21.7 Å². The summed E-state index contributed by atoms with van der Waals surface area (Å²) in [7, 11) is -7.10. The van der Waals surface area contributed by atoms with Crippen LogP contribution in [0.1, 0.15) is 33.6 Å². The zero-order valence-electron chi connectivity index (χ0n) is 27.9. The molecule has 0 aromatic carbocycles. The van der Waals surface area contributed by atoms with E-state index in [0.717, 1.165) is 0 Å². The summed E-state index contributed by atoms with van der Waals surface area (Å²) in [4.78, 5) is 4.12. The molecule has 0 saturated heterocycles. The molecule has 13 N–H and O–H groups in total. The maximum atomic E-state index is 10.5. The number of hydrogen-bond donors (Lipinski definition) is 12. The van der Waals surface area contributed by atoms with Gasteiger partial charge >= 0.3 is 0 Å². The molecule has 282 valence electrons. The molecule has 46 heavy (non-hydrogen) atoms. The molecule has 0 amide bonds. The zero-order valence-corrected chi connectivity index (χ0v) is 29.5. The Hall–Kier alpha value is 0.0200. The molecule has 0 aromatic heterocycles. The lowest BCUT2D eigenvalue weighted by atomic mass is 10.2. The van der Waals surface area contributed by atoms with E-state index in [2.05, 4.69) is 15.5 Å². The van der Waals surface area contributed by atoms with Crippen molar-refractivity contribution in [3.63, 3.8) is 0 Å². The van der Waals surface area contributed by atoms with Gasteiger partial charge in [0.05, 0.1) is 65.5 Å². The highest BCUT2D eigenvalue weighted by atomic mass is 32.3. The molecular formula is C27H65N5O12S2. The van der Waals surface area contributed by atoms with Crippen LogP contribution in [0.2, 0.25) is 0 Å². The van der Waals surface area contributed by atoms with Crippen molar-refractivity contribution in [2.45, 2.75) is 57.5 Å². The summed E-state index contributed by atoms with van der Waals surface area (Å²) in [5.74, 6) is -0.369. The fourth-order valence-electron chi connectivity index (χ4n) is 4.13. The maximum absolute atomic E-state index is 10.5. The van der Waals surface area contributed by atoms with Crippen molar-refractivity contribution in [1.82, 2.24) is 20.4 Å². The van der Waals surface area contributed by atoms with Gasteiger partial charge in [-0.25, -0.2) is 0 Å². The fraction of sp³-hybridized carbons (Fsp3) is 1.00. The number of hydrogen-bond acceptors (Lipinski definition) is 17. The molecule has 3 unspecified atom stereocenters. The van der Waals surface area contributed by atoms with Gasteiger partial charge in [0.15, 0.2) is 0 Å². The third-order valence-electron chi connectivity index (χ3n) is 6.32. The highest BCUT2D eigenvalue weighted by Crippen LogP contribution is 2.33. The molecule has 0 bridgehead atoms. The second-order valence-electron chi connectivity index (χ2n) is 12.3. The molecule has 3 atom stereocenters. The molecular weight excluding hydrogens is 650 g/mol. The number of ether oxygens (including phenoxy) is 3. The van der Waals surface area contributed by atoms with Crippen molar-refractivity contribution in [3.05, 3.63) is 0 Å². The summed E-state index contributed by atoms with van der Waals surface area (Å²) in [6.45, 7) is 12.3. The van der Waals surface area contributed by atoms with Gasteiger partial charge in [0.25, 0.3) is 0 Å². The van der Waals surface area contributed by atoms with Gasteiger partial charge in [-0.1, -0.05) is 0 Å². The van der Waals surface area contributed by atoms with Gasteiger partial charge in [-0.15, -0.1) is 0 Å². The van der Waals surface area contributed by atoms with Crippen molar-refractivity contribution in [1.29, 1.82) is 0 Å². The monoisotopic (exact) mass is 715 g/mol. The summed E-state index contributed by atoms with van der Waals surface area (Å²) in [5.41, 5.74) is 5.43. The average molecular weight is 716 g/mol. The van der Waals surface area contributed by atoms with E-state index in [-0.39, 0.29) is 69.5 Å². The molecule has 0 rings (SSSR count). The molecule has 19 heteroatoms. The van der Waals surface area contributed by atoms with Crippen LogP contribution < -0.4 is 16.4 Å². The Morgan fingerprint density at radius 2 is 1.09 bits per heavy atom. The van der Waals surface area contributed by atoms with Gasteiger partial charge in [-0.05, 0) is 33.6 Å². The summed E-state index contributed by atoms with van der Waals surface area (Å²) in [6, 6.07) is 0. The number of nitrogens with zero attached hydrogens (tertiary/aromatic N) is 2. The Kier molecular flexibility index (Phi) is 25.9. The quantitative estimate of drug-likeness (QED) is 0.0418. The van der Waals surface area contributed by atoms with E-state index in [1.807, 2.05) is 25.7 Å². The van der Waals surface area contributed by atoms with Gasteiger partial charge in [0.2, 0.25) is 0 Å². The minimum atomic E-state index is -3.56. The summed E-state index contributed by atoms with van der Waals surface area (Å²) >= 11 is 0. The molecule has 17 nitrogen and oxygen atoms in total. The van der Waals surface area contributed by atoms with Crippen LogP contribution in [0.25, 0.3) is 0 Å². The molecule has 0 heterocycles. The zero-order chi connectivity index (χ0) is 35.1. The van der Waals surface area contributed by atoms with Gasteiger partial charge in [0, 0.05) is 96.7 Å². The van der Waals surface area contributed by atoms with E-state index >= 15 is 0 Å². The minimum absolute atomic E-state index is 0.0405. The van der Waals surface area contributed by atoms with Crippen LogP contribution in [-0.2, 0) is 14.2 Å². The van der Waals surface area contributed by atoms with Gasteiger partial charge in [0.1, 0.15) is 0 Å². The van der Waals surface area contributed by atoms with Crippen molar-refractivity contribution in [3.8, 4) is 0 Å². The van der Waals surface area contributed by atoms with Gasteiger partial charge < -0.3 is 73.2 Å². The van der Waals surface area contributed by atoms with Crippen LogP contribution in [0.5, 0.6) is 0 Å². The van der Waals surface area contributed by atoms with Crippen LogP contribution in [0.3, 0.4) is 0 Å². The van der Waals surface area contributed by atoms with Crippen molar-refractivity contribution in [2.24, 2.45) is 5.73 Å². The van der Waals surface area contributed by atoms with Crippen molar-refractivity contribution >= 4 is 21.7 Å². The lowest BCUT2D eigenvalue weighted by molar-refractivity contribution is -0.0558. The van der Waals surface area contributed by atoms with E-state index in [1.54, 1.807) is 0 Å². The van der Waals surface area contributed by atoms with E-state index in [1.165, 1.54) is 0 Å². The van der Waals surface area contributed by atoms with E-state index in [9.17, 15) is 15.3 Å². The Morgan fingerprint density at radius 1 is 0.652 bits per heavy atom. The predicted molar refractivity (Wildman–Crippen MR) is 183 cm³/mol. The highest BCUT2D eigenvalue weighted by molar-refractivity contribution is 8.19. The molecule has 0 aliphatic carbocycles. The Bertz CT molecular complexity index is 720. The fourth-order valence-corrected chi connectivity index (χ4v) is 5.14. The second-order valence-corrected chi connectivity index (χ2v) is 15.6. The molecule has 0 aliphatic heterocycles. The summed E-state index contributed by atoms with van der Waals surface area (Å²) in [6.07, 6.45) is -1.72. The minimum Gasteiger partial charge on any atom is -0.389 e. The van der Waals surface area contributed by atoms with Crippen LogP contribution in [0.15, 0.2) is 0 Å². The second kappa shape index (κ2) is 25.9. The van der Waals surface area contributed by atoms with E-state index in [4.69, 9.17) is 47.3 Å². The topological polar surface area (TPSA) is 266 Å². The Balaban J connectivity index is 4.62. The molecule has 0 saturated carbocycles. The third kappa shape index (κ3) is 32.6. The Labute approximate surface area is 278 Å². The molecule has 0 fully saturated rings. The average Bonchev–Trinajstić information content (AvgIpc) is 2.92. The standard InChI is InChI=1S/C27H65N5O12S2/c1-27(2,3)44-23-26(35)20-31(10-6-28)11-7-29-8-12-32(19-25(34)22-43-15-5-17-46(39,40)41)13-9-30-18-24(33)21-42-14-4-16-45(36,37)38/h24-26,29-30,33-41H,4-23,28H2,1-3H3. The molecule has 0 radical (unpaired) electrons. The van der Waals surface area contributed by atoms with Crippen LogP contribution in [0.4, 0.5) is 0 Å². The molecule has 0 spiro atoms. The van der Waals surface area contributed by atoms with Crippen molar-refractivity contribution in [2.75, 3.05) is 117 Å². The normalized spacial score (nSPS) is 15.9. The van der Waals surface area contributed by atoms with Gasteiger partial charge in [-0.3, -0.25) is 9.80 Å². The Morgan fingerprint density at radius 3 is 1.54 bits per heavy atom.